The summed E-state index contributed by atoms with van der Waals surface area (Å²) in [7, 11) is 1.66. The zero-order chi connectivity index (χ0) is 15.4. The molecule has 0 atom stereocenters. The molecule has 2 rings (SSSR count). The molecule has 1 aromatic heterocycles. The number of nitrogens with zero attached hydrogens (tertiary/aromatic N) is 2. The Morgan fingerprint density at radius 2 is 1.81 bits per heavy atom. The molecule has 2 aromatic rings. The first-order chi connectivity index (χ1) is 10.0. The van der Waals surface area contributed by atoms with E-state index < -0.39 is 0 Å². The average Bonchev–Trinajstić information content (AvgIpc) is 2.44. The summed E-state index contributed by atoms with van der Waals surface area (Å²) in [6, 6.07) is 6.01. The first kappa shape index (κ1) is 15.1. The Hall–Kier alpha value is -2.30. The predicted molar refractivity (Wildman–Crippen MR) is 86.7 cm³/mol. The fraction of sp³-hybridized carbons (Fsp3) is 0.375. The summed E-state index contributed by atoms with van der Waals surface area (Å²) in [6.07, 6.45) is 0. The number of aryl methyl sites for hydroxylation is 2. The number of anilines is 3. The van der Waals surface area contributed by atoms with Crippen molar-refractivity contribution in [2.24, 2.45) is 0 Å². The smallest absolute Gasteiger partial charge is 0.142 e. The first-order valence-electron chi connectivity index (χ1n) is 7.06. The van der Waals surface area contributed by atoms with Crippen LogP contribution in [0.25, 0.3) is 0 Å². The van der Waals surface area contributed by atoms with Crippen molar-refractivity contribution < 1.29 is 4.74 Å². The average molecular weight is 286 g/mol. The van der Waals surface area contributed by atoms with Crippen LogP contribution in [0.1, 0.15) is 23.9 Å². The van der Waals surface area contributed by atoms with Gasteiger partial charge in [-0.3, -0.25) is 0 Å². The Kier molecular flexibility index (Phi) is 4.62. The maximum absolute atomic E-state index is 5.40. The van der Waals surface area contributed by atoms with Gasteiger partial charge in [0.25, 0.3) is 0 Å². The minimum atomic E-state index is 0.727. The third kappa shape index (κ3) is 3.42. The normalized spacial score (nSPS) is 10.3. The van der Waals surface area contributed by atoms with Crippen molar-refractivity contribution in [1.29, 1.82) is 0 Å². The molecule has 0 bridgehead atoms. The molecule has 0 amide bonds. The van der Waals surface area contributed by atoms with E-state index in [0.29, 0.717) is 0 Å². The number of hydrogen-bond donors (Lipinski definition) is 2. The van der Waals surface area contributed by atoms with Gasteiger partial charge in [-0.05, 0) is 45.4 Å². The Morgan fingerprint density at radius 3 is 2.48 bits per heavy atom. The van der Waals surface area contributed by atoms with Gasteiger partial charge in [0.05, 0.1) is 12.8 Å². The van der Waals surface area contributed by atoms with Gasteiger partial charge in [0.15, 0.2) is 0 Å². The van der Waals surface area contributed by atoms with Gasteiger partial charge in [-0.25, -0.2) is 9.97 Å². The molecule has 0 radical (unpaired) electrons. The van der Waals surface area contributed by atoms with Crippen molar-refractivity contribution >= 4 is 17.3 Å². The van der Waals surface area contributed by atoms with Gasteiger partial charge in [0.2, 0.25) is 0 Å². The van der Waals surface area contributed by atoms with Gasteiger partial charge in [0.1, 0.15) is 23.2 Å². The molecule has 1 aromatic carbocycles. The standard InChI is InChI=1S/C16H22N4O/c1-6-17-15-11(3)16(19-12(4)18-15)20-13-9-10(2)7-8-14(13)21-5/h7-9H,6H2,1-5H3,(H2,17,18,19,20). The van der Waals surface area contributed by atoms with Crippen molar-refractivity contribution in [3.8, 4) is 5.75 Å². The van der Waals surface area contributed by atoms with Crippen molar-refractivity contribution in [1.82, 2.24) is 9.97 Å². The van der Waals surface area contributed by atoms with Crippen LogP contribution in [0, 0.1) is 20.8 Å². The van der Waals surface area contributed by atoms with Gasteiger partial charge >= 0.3 is 0 Å². The Bertz CT molecular complexity index is 640. The SMILES string of the molecule is CCNc1nc(C)nc(Nc2cc(C)ccc2OC)c1C. The summed E-state index contributed by atoms with van der Waals surface area (Å²) in [6.45, 7) is 8.81. The van der Waals surface area contributed by atoms with E-state index in [2.05, 4.69) is 20.6 Å². The zero-order valence-electron chi connectivity index (χ0n) is 13.2. The quantitative estimate of drug-likeness (QED) is 0.879. The molecule has 5 heteroatoms. The highest BCUT2D eigenvalue weighted by Gasteiger charge is 2.11. The molecular weight excluding hydrogens is 264 g/mol. The number of hydrogen-bond acceptors (Lipinski definition) is 5. The van der Waals surface area contributed by atoms with Crippen LogP contribution in [0.4, 0.5) is 17.3 Å². The van der Waals surface area contributed by atoms with Crippen LogP contribution in [0.2, 0.25) is 0 Å². The van der Waals surface area contributed by atoms with E-state index in [4.69, 9.17) is 4.74 Å². The molecule has 21 heavy (non-hydrogen) atoms. The van der Waals surface area contributed by atoms with E-state index >= 15 is 0 Å². The number of methoxy groups -OCH3 is 1. The fourth-order valence-corrected chi connectivity index (χ4v) is 2.14. The topological polar surface area (TPSA) is 59.1 Å². The van der Waals surface area contributed by atoms with E-state index in [1.807, 2.05) is 45.9 Å². The molecule has 5 nitrogen and oxygen atoms in total. The summed E-state index contributed by atoms with van der Waals surface area (Å²) in [4.78, 5) is 8.93. The highest BCUT2D eigenvalue weighted by atomic mass is 16.5. The zero-order valence-corrected chi connectivity index (χ0v) is 13.2. The molecule has 1 heterocycles. The monoisotopic (exact) mass is 286 g/mol. The highest BCUT2D eigenvalue weighted by Crippen LogP contribution is 2.30. The van der Waals surface area contributed by atoms with Crippen LogP contribution in [0.15, 0.2) is 18.2 Å². The lowest BCUT2D eigenvalue weighted by Gasteiger charge is -2.15. The van der Waals surface area contributed by atoms with Crippen molar-refractivity contribution in [2.45, 2.75) is 27.7 Å². The molecule has 112 valence electrons. The summed E-state index contributed by atoms with van der Waals surface area (Å²) in [5, 5.41) is 6.62. The minimum absolute atomic E-state index is 0.727. The predicted octanol–water partition coefficient (Wildman–Crippen LogP) is 3.59. The van der Waals surface area contributed by atoms with Crippen molar-refractivity contribution in [3.63, 3.8) is 0 Å². The third-order valence-corrected chi connectivity index (χ3v) is 3.21. The lowest BCUT2D eigenvalue weighted by Crippen LogP contribution is -2.08. The maximum Gasteiger partial charge on any atom is 0.142 e. The Morgan fingerprint density at radius 1 is 1.10 bits per heavy atom. The highest BCUT2D eigenvalue weighted by molar-refractivity contribution is 5.69. The largest absolute Gasteiger partial charge is 0.495 e. The number of nitrogens with one attached hydrogen (secondary N) is 2. The van der Waals surface area contributed by atoms with E-state index in [-0.39, 0.29) is 0 Å². The van der Waals surface area contributed by atoms with Gasteiger partial charge < -0.3 is 15.4 Å². The van der Waals surface area contributed by atoms with Crippen LogP contribution in [-0.2, 0) is 0 Å². The van der Waals surface area contributed by atoms with E-state index in [1.54, 1.807) is 7.11 Å². The summed E-state index contributed by atoms with van der Waals surface area (Å²) in [5.74, 6) is 3.17. The molecule has 2 N–H and O–H groups in total. The number of aromatic nitrogens is 2. The first-order valence-corrected chi connectivity index (χ1v) is 7.06. The van der Waals surface area contributed by atoms with Gasteiger partial charge in [-0.1, -0.05) is 6.07 Å². The second-order valence-electron chi connectivity index (χ2n) is 4.95. The second-order valence-corrected chi connectivity index (χ2v) is 4.95. The second kappa shape index (κ2) is 6.43. The van der Waals surface area contributed by atoms with Crippen LogP contribution in [-0.4, -0.2) is 23.6 Å². The van der Waals surface area contributed by atoms with E-state index in [0.717, 1.165) is 46.6 Å². The number of ether oxygens (including phenoxy) is 1. The molecule has 0 spiro atoms. The third-order valence-electron chi connectivity index (χ3n) is 3.21. The van der Waals surface area contributed by atoms with E-state index in [9.17, 15) is 0 Å². The maximum atomic E-state index is 5.40. The molecule has 0 aliphatic rings. The Labute approximate surface area is 125 Å². The van der Waals surface area contributed by atoms with E-state index in [1.165, 1.54) is 0 Å². The summed E-state index contributed by atoms with van der Waals surface area (Å²) >= 11 is 0. The van der Waals surface area contributed by atoms with Crippen LogP contribution < -0.4 is 15.4 Å². The Balaban J connectivity index is 2.42. The lowest BCUT2D eigenvalue weighted by atomic mass is 10.2. The fourth-order valence-electron chi connectivity index (χ4n) is 2.14. The van der Waals surface area contributed by atoms with Crippen LogP contribution in [0.3, 0.4) is 0 Å². The van der Waals surface area contributed by atoms with Crippen LogP contribution in [0.5, 0.6) is 5.75 Å². The van der Waals surface area contributed by atoms with Gasteiger partial charge in [-0.15, -0.1) is 0 Å². The lowest BCUT2D eigenvalue weighted by molar-refractivity contribution is 0.416. The molecule has 0 saturated heterocycles. The molecule has 0 unspecified atom stereocenters. The summed E-state index contributed by atoms with van der Waals surface area (Å²) < 4.78 is 5.40. The molecule has 0 saturated carbocycles. The van der Waals surface area contributed by atoms with Crippen LogP contribution >= 0.6 is 0 Å². The molecular formula is C16H22N4O. The summed E-state index contributed by atoms with van der Waals surface area (Å²) in [5.41, 5.74) is 3.06. The van der Waals surface area contributed by atoms with Gasteiger partial charge in [-0.2, -0.15) is 0 Å². The molecule has 0 aliphatic carbocycles. The number of rotatable bonds is 5. The van der Waals surface area contributed by atoms with Crippen molar-refractivity contribution in [3.05, 3.63) is 35.2 Å². The van der Waals surface area contributed by atoms with Gasteiger partial charge in [0, 0.05) is 12.1 Å². The molecule has 0 aliphatic heterocycles. The van der Waals surface area contributed by atoms with Crippen molar-refractivity contribution in [2.75, 3.05) is 24.3 Å². The number of benzene rings is 1. The molecule has 0 fully saturated rings. The minimum Gasteiger partial charge on any atom is -0.495 e.